The predicted molar refractivity (Wildman–Crippen MR) is 46.5 cm³/mol. The Bertz CT molecular complexity index is 223. The number of furan rings is 1. The number of rotatable bonds is 5. The number of anilines is 1. The molecule has 0 amide bonds. The van der Waals surface area contributed by atoms with E-state index in [0.717, 1.165) is 18.7 Å². The van der Waals surface area contributed by atoms with Crippen LogP contribution >= 0.6 is 0 Å². The summed E-state index contributed by atoms with van der Waals surface area (Å²) >= 11 is 0. The Morgan fingerprint density at radius 2 is 2.33 bits per heavy atom. The largest absolute Gasteiger partial charge is 0.445 e. The zero-order chi connectivity index (χ0) is 8.81. The van der Waals surface area contributed by atoms with Gasteiger partial charge in [0.15, 0.2) is 5.88 Å². The molecule has 4 heteroatoms. The molecule has 4 nitrogen and oxygen atoms in total. The maximum absolute atomic E-state index is 8.48. The van der Waals surface area contributed by atoms with Gasteiger partial charge in [0, 0.05) is 12.7 Å². The monoisotopic (exact) mass is 170 g/mol. The molecule has 0 saturated carbocycles. The lowest BCUT2D eigenvalue weighted by Gasteiger charge is -1.99. The highest BCUT2D eigenvalue weighted by Crippen LogP contribution is 2.07. The molecule has 12 heavy (non-hydrogen) atoms. The molecule has 0 atom stereocenters. The fourth-order valence-corrected chi connectivity index (χ4v) is 0.905. The second-order valence-corrected chi connectivity index (χ2v) is 2.56. The van der Waals surface area contributed by atoms with Gasteiger partial charge in [-0.3, -0.25) is 0 Å². The van der Waals surface area contributed by atoms with Crippen molar-refractivity contribution in [3.05, 3.63) is 17.9 Å². The number of hydrogen-bond acceptors (Lipinski definition) is 4. The first-order valence-electron chi connectivity index (χ1n) is 3.98. The van der Waals surface area contributed by atoms with Crippen molar-refractivity contribution in [2.24, 2.45) is 0 Å². The molecule has 0 aliphatic carbocycles. The second kappa shape index (κ2) is 4.79. The summed E-state index contributed by atoms with van der Waals surface area (Å²) in [6, 6.07) is 3.56. The molecule has 0 unspecified atom stereocenters. The van der Waals surface area contributed by atoms with Crippen LogP contribution in [-0.2, 0) is 6.54 Å². The Balaban J connectivity index is 2.15. The zero-order valence-corrected chi connectivity index (χ0v) is 6.92. The van der Waals surface area contributed by atoms with E-state index in [4.69, 9.17) is 15.3 Å². The summed E-state index contributed by atoms with van der Waals surface area (Å²) in [5.41, 5.74) is 5.37. The third kappa shape index (κ3) is 2.94. The minimum absolute atomic E-state index is 0.216. The highest BCUT2D eigenvalue weighted by molar-refractivity contribution is 5.25. The Labute approximate surface area is 71.4 Å². The van der Waals surface area contributed by atoms with Crippen molar-refractivity contribution in [3.63, 3.8) is 0 Å². The van der Waals surface area contributed by atoms with Crippen molar-refractivity contribution in [3.8, 4) is 0 Å². The van der Waals surface area contributed by atoms with Gasteiger partial charge in [-0.2, -0.15) is 0 Å². The topological polar surface area (TPSA) is 71.4 Å². The van der Waals surface area contributed by atoms with Crippen LogP contribution in [0.15, 0.2) is 16.5 Å². The summed E-state index contributed by atoms with van der Waals surface area (Å²) in [6.45, 7) is 1.67. The van der Waals surface area contributed by atoms with Crippen LogP contribution in [0, 0.1) is 0 Å². The van der Waals surface area contributed by atoms with Crippen molar-refractivity contribution in [1.29, 1.82) is 0 Å². The summed E-state index contributed by atoms with van der Waals surface area (Å²) in [5, 5.41) is 11.6. The van der Waals surface area contributed by atoms with Crippen LogP contribution in [0.25, 0.3) is 0 Å². The first kappa shape index (κ1) is 9.09. The molecule has 1 rings (SSSR count). The lowest BCUT2D eigenvalue weighted by atomic mass is 10.4. The van der Waals surface area contributed by atoms with E-state index in [2.05, 4.69) is 5.32 Å². The number of aliphatic hydroxyl groups excluding tert-OH is 1. The Morgan fingerprint density at radius 3 is 2.92 bits per heavy atom. The molecule has 0 aliphatic heterocycles. The minimum atomic E-state index is 0.216. The maximum atomic E-state index is 8.48. The molecule has 4 N–H and O–H groups in total. The van der Waals surface area contributed by atoms with Crippen molar-refractivity contribution in [1.82, 2.24) is 5.32 Å². The highest BCUT2D eigenvalue weighted by Gasteiger charge is 1.96. The minimum Gasteiger partial charge on any atom is -0.445 e. The molecule has 0 aliphatic rings. The Kier molecular flexibility index (Phi) is 3.63. The molecule has 0 saturated heterocycles. The molecule has 68 valence electrons. The summed E-state index contributed by atoms with van der Waals surface area (Å²) in [6.07, 6.45) is 0.760. The van der Waals surface area contributed by atoms with Gasteiger partial charge in [-0.05, 0) is 19.0 Å². The van der Waals surface area contributed by atoms with Gasteiger partial charge in [0.1, 0.15) is 5.76 Å². The van der Waals surface area contributed by atoms with Gasteiger partial charge in [-0.15, -0.1) is 0 Å². The average Bonchev–Trinajstić information content (AvgIpc) is 2.45. The van der Waals surface area contributed by atoms with Gasteiger partial charge in [-0.25, -0.2) is 0 Å². The van der Waals surface area contributed by atoms with Crippen LogP contribution in [0.5, 0.6) is 0 Å². The molecule has 1 aromatic rings. The van der Waals surface area contributed by atoms with Crippen LogP contribution in [-0.4, -0.2) is 18.3 Å². The van der Waals surface area contributed by atoms with Crippen LogP contribution in [0.3, 0.4) is 0 Å². The van der Waals surface area contributed by atoms with Gasteiger partial charge in [-0.1, -0.05) is 0 Å². The third-order valence-electron chi connectivity index (χ3n) is 1.49. The van der Waals surface area contributed by atoms with Gasteiger partial charge < -0.3 is 20.6 Å². The van der Waals surface area contributed by atoms with E-state index in [9.17, 15) is 0 Å². The van der Waals surface area contributed by atoms with Gasteiger partial charge in [0.25, 0.3) is 0 Å². The summed E-state index contributed by atoms with van der Waals surface area (Å²) in [4.78, 5) is 0. The van der Waals surface area contributed by atoms with Crippen LogP contribution in [0.1, 0.15) is 12.2 Å². The lowest BCUT2D eigenvalue weighted by Crippen LogP contribution is -2.15. The van der Waals surface area contributed by atoms with Crippen molar-refractivity contribution < 1.29 is 9.52 Å². The smallest absolute Gasteiger partial charge is 0.190 e. The van der Waals surface area contributed by atoms with E-state index in [0.29, 0.717) is 12.4 Å². The standard InChI is InChI=1S/C8H14N2O2/c9-8-3-2-7(12-8)6-10-4-1-5-11/h2-3,10-11H,1,4-6,9H2. The number of nitrogens with one attached hydrogen (secondary N) is 1. The fourth-order valence-electron chi connectivity index (χ4n) is 0.905. The molecular formula is C8H14N2O2. The van der Waals surface area contributed by atoms with Crippen LogP contribution in [0.2, 0.25) is 0 Å². The first-order chi connectivity index (χ1) is 5.83. The maximum Gasteiger partial charge on any atom is 0.190 e. The van der Waals surface area contributed by atoms with E-state index >= 15 is 0 Å². The SMILES string of the molecule is Nc1ccc(CNCCCO)o1. The summed E-state index contributed by atoms with van der Waals surface area (Å²) in [7, 11) is 0. The average molecular weight is 170 g/mol. The van der Waals surface area contributed by atoms with Gasteiger partial charge >= 0.3 is 0 Å². The first-order valence-corrected chi connectivity index (χ1v) is 3.98. The van der Waals surface area contributed by atoms with Gasteiger partial charge in [0.05, 0.1) is 6.54 Å². The van der Waals surface area contributed by atoms with E-state index in [1.807, 2.05) is 6.07 Å². The lowest BCUT2D eigenvalue weighted by molar-refractivity contribution is 0.285. The van der Waals surface area contributed by atoms with Crippen LogP contribution < -0.4 is 11.1 Å². The molecule has 0 aromatic carbocycles. The highest BCUT2D eigenvalue weighted by atomic mass is 16.4. The fraction of sp³-hybridized carbons (Fsp3) is 0.500. The number of aliphatic hydroxyl groups is 1. The van der Waals surface area contributed by atoms with E-state index < -0.39 is 0 Å². The van der Waals surface area contributed by atoms with Crippen molar-refractivity contribution >= 4 is 5.88 Å². The Hall–Kier alpha value is -1.00. The van der Waals surface area contributed by atoms with E-state index in [1.54, 1.807) is 6.07 Å². The summed E-state index contributed by atoms with van der Waals surface area (Å²) in [5.74, 6) is 1.26. The number of hydrogen-bond donors (Lipinski definition) is 3. The Morgan fingerprint density at radius 1 is 1.50 bits per heavy atom. The van der Waals surface area contributed by atoms with E-state index in [-0.39, 0.29) is 6.61 Å². The van der Waals surface area contributed by atoms with E-state index in [1.165, 1.54) is 0 Å². The van der Waals surface area contributed by atoms with Crippen molar-refractivity contribution in [2.75, 3.05) is 18.9 Å². The molecule has 0 radical (unpaired) electrons. The third-order valence-corrected chi connectivity index (χ3v) is 1.49. The van der Waals surface area contributed by atoms with Crippen LogP contribution in [0.4, 0.5) is 5.88 Å². The number of nitrogens with two attached hydrogens (primary N) is 1. The molecule has 1 heterocycles. The zero-order valence-electron chi connectivity index (χ0n) is 6.92. The predicted octanol–water partition coefficient (Wildman–Crippen LogP) is 0.334. The molecule has 1 aromatic heterocycles. The normalized spacial score (nSPS) is 10.4. The molecular weight excluding hydrogens is 156 g/mol. The summed E-state index contributed by atoms with van der Waals surface area (Å²) < 4.78 is 5.12. The second-order valence-electron chi connectivity index (χ2n) is 2.56. The van der Waals surface area contributed by atoms with Crippen molar-refractivity contribution in [2.45, 2.75) is 13.0 Å². The molecule has 0 bridgehead atoms. The quantitative estimate of drug-likeness (QED) is 0.557. The molecule has 0 fully saturated rings. The van der Waals surface area contributed by atoms with Gasteiger partial charge in [0.2, 0.25) is 0 Å². The number of nitrogen functional groups attached to an aromatic ring is 1. The molecule has 0 spiro atoms.